The SMILES string of the molecule is Cc1[nH]nc(-c2nccc3cc(-c4ccc(C(C)(C)C)cc4)oc23)c1-c1ccccc1. The number of fused-ring (bicyclic) bond motifs is 1. The van der Waals surface area contributed by atoms with Crippen LogP contribution in [0.1, 0.15) is 32.0 Å². The van der Waals surface area contributed by atoms with Gasteiger partial charge in [0.25, 0.3) is 0 Å². The van der Waals surface area contributed by atoms with Gasteiger partial charge in [0, 0.05) is 28.4 Å². The summed E-state index contributed by atoms with van der Waals surface area (Å²) in [6.45, 7) is 8.69. The average Bonchev–Trinajstić information content (AvgIpc) is 3.37. The number of pyridine rings is 1. The van der Waals surface area contributed by atoms with Gasteiger partial charge in [-0.25, -0.2) is 0 Å². The van der Waals surface area contributed by atoms with E-state index in [1.807, 2.05) is 37.4 Å². The number of nitrogens with one attached hydrogen (secondary N) is 1. The lowest BCUT2D eigenvalue weighted by Gasteiger charge is -2.18. The van der Waals surface area contributed by atoms with E-state index in [1.165, 1.54) is 5.56 Å². The van der Waals surface area contributed by atoms with Crippen LogP contribution in [0.5, 0.6) is 0 Å². The van der Waals surface area contributed by atoms with Crippen molar-refractivity contribution in [1.29, 1.82) is 0 Å². The fourth-order valence-electron chi connectivity index (χ4n) is 3.97. The third kappa shape index (κ3) is 3.44. The van der Waals surface area contributed by atoms with Crippen molar-refractivity contribution in [3.05, 3.63) is 84.2 Å². The maximum Gasteiger partial charge on any atom is 0.162 e. The van der Waals surface area contributed by atoms with Crippen molar-refractivity contribution in [2.45, 2.75) is 33.1 Å². The highest BCUT2D eigenvalue weighted by atomic mass is 16.3. The van der Waals surface area contributed by atoms with E-state index in [0.29, 0.717) is 0 Å². The Morgan fingerprint density at radius 1 is 0.839 bits per heavy atom. The first-order valence-corrected chi connectivity index (χ1v) is 10.5. The molecule has 0 fully saturated rings. The minimum absolute atomic E-state index is 0.120. The lowest BCUT2D eigenvalue weighted by atomic mass is 9.86. The van der Waals surface area contributed by atoms with Gasteiger partial charge in [-0.3, -0.25) is 10.1 Å². The highest BCUT2D eigenvalue weighted by molar-refractivity contribution is 5.96. The van der Waals surface area contributed by atoms with E-state index in [1.54, 1.807) is 0 Å². The van der Waals surface area contributed by atoms with Gasteiger partial charge in [-0.2, -0.15) is 5.10 Å². The fourth-order valence-corrected chi connectivity index (χ4v) is 3.97. The molecule has 1 N–H and O–H groups in total. The van der Waals surface area contributed by atoms with Crippen LogP contribution in [0, 0.1) is 6.92 Å². The molecule has 3 aromatic heterocycles. The molecule has 3 heterocycles. The number of aromatic amines is 1. The van der Waals surface area contributed by atoms with Crippen LogP contribution in [0.15, 0.2) is 77.3 Å². The minimum Gasteiger partial charge on any atom is -0.454 e. The molecule has 0 atom stereocenters. The molecule has 2 aromatic carbocycles. The van der Waals surface area contributed by atoms with Crippen LogP contribution in [-0.2, 0) is 5.41 Å². The Balaban J connectivity index is 1.63. The summed E-state index contributed by atoms with van der Waals surface area (Å²) < 4.78 is 6.35. The van der Waals surface area contributed by atoms with Crippen molar-refractivity contribution in [2.24, 2.45) is 0 Å². The highest BCUT2D eigenvalue weighted by Crippen LogP contribution is 2.38. The maximum atomic E-state index is 6.35. The number of benzene rings is 2. The summed E-state index contributed by atoms with van der Waals surface area (Å²) in [5.41, 5.74) is 7.93. The van der Waals surface area contributed by atoms with Crippen molar-refractivity contribution in [2.75, 3.05) is 0 Å². The van der Waals surface area contributed by atoms with Crippen LogP contribution in [0.2, 0.25) is 0 Å². The molecule has 0 aliphatic heterocycles. The van der Waals surface area contributed by atoms with Crippen molar-refractivity contribution < 1.29 is 4.42 Å². The number of aromatic nitrogens is 3. The Hall–Kier alpha value is -3.66. The van der Waals surface area contributed by atoms with Crippen molar-refractivity contribution >= 4 is 11.0 Å². The smallest absolute Gasteiger partial charge is 0.162 e. The third-order valence-electron chi connectivity index (χ3n) is 5.70. The predicted octanol–water partition coefficient (Wildman–Crippen LogP) is 7.16. The second-order valence-corrected chi connectivity index (χ2v) is 8.95. The van der Waals surface area contributed by atoms with Crippen LogP contribution >= 0.6 is 0 Å². The van der Waals surface area contributed by atoms with E-state index >= 15 is 0 Å². The Labute approximate surface area is 182 Å². The Kier molecular flexibility index (Phi) is 4.51. The zero-order valence-electron chi connectivity index (χ0n) is 18.2. The molecular formula is C27H25N3O. The molecular weight excluding hydrogens is 382 g/mol. The Bertz CT molecular complexity index is 1350. The summed E-state index contributed by atoms with van der Waals surface area (Å²) in [4.78, 5) is 4.65. The zero-order chi connectivity index (χ0) is 21.6. The maximum absolute atomic E-state index is 6.35. The molecule has 154 valence electrons. The van der Waals surface area contributed by atoms with E-state index in [2.05, 4.69) is 78.4 Å². The molecule has 0 bridgehead atoms. The number of nitrogens with zero attached hydrogens (tertiary/aromatic N) is 2. The Morgan fingerprint density at radius 2 is 1.58 bits per heavy atom. The van der Waals surface area contributed by atoms with Crippen LogP contribution in [0.3, 0.4) is 0 Å². The quantitative estimate of drug-likeness (QED) is 0.345. The summed E-state index contributed by atoms with van der Waals surface area (Å²) in [6, 6.07) is 22.9. The molecule has 31 heavy (non-hydrogen) atoms. The van der Waals surface area contributed by atoms with Gasteiger partial charge >= 0.3 is 0 Å². The first-order valence-electron chi connectivity index (χ1n) is 10.5. The van der Waals surface area contributed by atoms with Gasteiger partial charge in [0.2, 0.25) is 0 Å². The van der Waals surface area contributed by atoms with E-state index in [0.717, 1.165) is 50.5 Å². The summed E-state index contributed by atoms with van der Waals surface area (Å²) in [5, 5.41) is 8.73. The van der Waals surface area contributed by atoms with Gasteiger partial charge in [0.1, 0.15) is 17.1 Å². The van der Waals surface area contributed by atoms with Crippen molar-refractivity contribution in [3.63, 3.8) is 0 Å². The van der Waals surface area contributed by atoms with E-state index < -0.39 is 0 Å². The predicted molar refractivity (Wildman–Crippen MR) is 126 cm³/mol. The fraction of sp³-hybridized carbons (Fsp3) is 0.185. The molecule has 0 saturated heterocycles. The molecule has 5 rings (SSSR count). The molecule has 0 spiro atoms. The van der Waals surface area contributed by atoms with Crippen LogP contribution < -0.4 is 0 Å². The Morgan fingerprint density at radius 3 is 2.29 bits per heavy atom. The van der Waals surface area contributed by atoms with Crippen molar-refractivity contribution in [3.8, 4) is 33.8 Å². The van der Waals surface area contributed by atoms with E-state index in [4.69, 9.17) is 4.42 Å². The lowest BCUT2D eigenvalue weighted by molar-refractivity contribution is 0.590. The minimum atomic E-state index is 0.120. The molecule has 0 aliphatic rings. The number of hydrogen-bond acceptors (Lipinski definition) is 3. The van der Waals surface area contributed by atoms with Gasteiger partial charge in [0.15, 0.2) is 5.58 Å². The second kappa shape index (κ2) is 7.24. The molecule has 0 saturated carbocycles. The van der Waals surface area contributed by atoms with Gasteiger partial charge in [-0.05, 0) is 35.6 Å². The number of H-pyrrole nitrogens is 1. The molecule has 4 nitrogen and oxygen atoms in total. The summed E-state index contributed by atoms with van der Waals surface area (Å²) in [6.07, 6.45) is 1.82. The summed E-state index contributed by atoms with van der Waals surface area (Å²) in [7, 11) is 0. The van der Waals surface area contributed by atoms with Gasteiger partial charge in [-0.15, -0.1) is 0 Å². The van der Waals surface area contributed by atoms with Crippen molar-refractivity contribution in [1.82, 2.24) is 15.2 Å². The molecule has 0 amide bonds. The first kappa shape index (κ1) is 19.3. The number of hydrogen-bond donors (Lipinski definition) is 1. The zero-order valence-corrected chi connectivity index (χ0v) is 18.2. The van der Waals surface area contributed by atoms with Gasteiger partial charge in [-0.1, -0.05) is 75.4 Å². The highest BCUT2D eigenvalue weighted by Gasteiger charge is 2.20. The molecule has 0 aliphatic carbocycles. The summed E-state index contributed by atoms with van der Waals surface area (Å²) in [5.74, 6) is 0.832. The van der Waals surface area contributed by atoms with E-state index in [9.17, 15) is 0 Å². The lowest BCUT2D eigenvalue weighted by Crippen LogP contribution is -2.10. The standard InChI is InChI=1S/C27H25N3O/c1-17-23(19-8-6-5-7-9-19)24(30-29-17)25-26-20(14-15-28-25)16-22(31-26)18-10-12-21(13-11-18)27(2,3)4/h5-16H,1-4H3,(H,29,30). The third-order valence-corrected chi connectivity index (χ3v) is 5.70. The van der Waals surface area contributed by atoms with Crippen LogP contribution in [-0.4, -0.2) is 15.2 Å². The largest absolute Gasteiger partial charge is 0.454 e. The van der Waals surface area contributed by atoms with E-state index in [-0.39, 0.29) is 5.41 Å². The monoisotopic (exact) mass is 407 g/mol. The summed E-state index contributed by atoms with van der Waals surface area (Å²) >= 11 is 0. The normalized spacial score (nSPS) is 11.9. The first-order chi connectivity index (χ1) is 14.9. The van der Waals surface area contributed by atoms with Gasteiger partial charge < -0.3 is 4.42 Å². The number of rotatable bonds is 3. The number of furan rings is 1. The van der Waals surface area contributed by atoms with Crippen LogP contribution in [0.25, 0.3) is 44.8 Å². The molecule has 0 unspecified atom stereocenters. The molecule has 0 radical (unpaired) electrons. The molecule has 4 heteroatoms. The molecule has 5 aromatic rings. The average molecular weight is 408 g/mol. The van der Waals surface area contributed by atoms with Crippen LogP contribution in [0.4, 0.5) is 0 Å². The number of aryl methyl sites for hydroxylation is 1. The van der Waals surface area contributed by atoms with Gasteiger partial charge in [0.05, 0.1) is 0 Å². The second-order valence-electron chi connectivity index (χ2n) is 8.95. The topological polar surface area (TPSA) is 54.7 Å².